The van der Waals surface area contributed by atoms with Gasteiger partial charge in [0.15, 0.2) is 0 Å². The van der Waals surface area contributed by atoms with Crippen molar-refractivity contribution in [3.63, 3.8) is 0 Å². The van der Waals surface area contributed by atoms with Gasteiger partial charge in [-0.05, 0) is 31.7 Å². The Kier molecular flexibility index (Phi) is 2.89. The van der Waals surface area contributed by atoms with Crippen molar-refractivity contribution in [1.29, 1.82) is 0 Å². The van der Waals surface area contributed by atoms with Crippen molar-refractivity contribution in [2.24, 2.45) is 11.3 Å². The lowest BCUT2D eigenvalue weighted by Crippen LogP contribution is -2.27. The highest BCUT2D eigenvalue weighted by atomic mass is 16.2. The van der Waals surface area contributed by atoms with Gasteiger partial charge in [0.25, 0.3) is 0 Å². The van der Waals surface area contributed by atoms with Gasteiger partial charge < -0.3 is 5.32 Å². The molecule has 0 spiro atoms. The molecule has 1 aromatic rings. The monoisotopic (exact) mass is 233 g/mol. The summed E-state index contributed by atoms with van der Waals surface area (Å²) in [6.45, 7) is 8.52. The highest BCUT2D eigenvalue weighted by Crippen LogP contribution is 2.51. The lowest BCUT2D eigenvalue weighted by atomic mass is 10.1. The van der Waals surface area contributed by atoms with Gasteiger partial charge in [-0.2, -0.15) is 0 Å². The first kappa shape index (κ1) is 12.0. The van der Waals surface area contributed by atoms with E-state index in [0.717, 1.165) is 17.8 Å². The SMILES string of the molecule is Cc1cc(C)nc(CNC(=O)C2CC2(C)C)n1. The minimum absolute atomic E-state index is 0.123. The molecule has 1 aromatic heterocycles. The summed E-state index contributed by atoms with van der Waals surface area (Å²) in [5.74, 6) is 0.973. The average molecular weight is 233 g/mol. The van der Waals surface area contributed by atoms with E-state index in [0.29, 0.717) is 12.4 Å². The summed E-state index contributed by atoms with van der Waals surface area (Å²) in [4.78, 5) is 20.4. The maximum absolute atomic E-state index is 11.8. The molecule has 0 bridgehead atoms. The third-order valence-electron chi connectivity index (χ3n) is 3.28. The molecule has 2 rings (SSSR count). The molecule has 17 heavy (non-hydrogen) atoms. The van der Waals surface area contributed by atoms with E-state index in [1.165, 1.54) is 0 Å². The third-order valence-corrected chi connectivity index (χ3v) is 3.28. The van der Waals surface area contributed by atoms with Crippen LogP contribution in [0, 0.1) is 25.2 Å². The van der Waals surface area contributed by atoms with E-state index in [-0.39, 0.29) is 17.2 Å². The second kappa shape index (κ2) is 4.09. The van der Waals surface area contributed by atoms with E-state index in [1.54, 1.807) is 0 Å². The minimum Gasteiger partial charge on any atom is -0.349 e. The molecule has 92 valence electrons. The van der Waals surface area contributed by atoms with Crippen molar-refractivity contribution in [3.05, 3.63) is 23.3 Å². The van der Waals surface area contributed by atoms with E-state index in [4.69, 9.17) is 0 Å². The van der Waals surface area contributed by atoms with Gasteiger partial charge in [0.05, 0.1) is 6.54 Å². The summed E-state index contributed by atoms with van der Waals surface area (Å²) < 4.78 is 0. The number of hydrogen-bond acceptors (Lipinski definition) is 3. The van der Waals surface area contributed by atoms with Crippen LogP contribution in [0.1, 0.15) is 37.5 Å². The molecule has 1 unspecified atom stereocenters. The van der Waals surface area contributed by atoms with Crippen LogP contribution in [0.4, 0.5) is 0 Å². The zero-order valence-corrected chi connectivity index (χ0v) is 10.9. The van der Waals surface area contributed by atoms with Gasteiger partial charge in [0.2, 0.25) is 5.91 Å². The predicted octanol–water partition coefficient (Wildman–Crippen LogP) is 1.76. The standard InChI is InChI=1S/C13H19N3O/c1-8-5-9(2)16-11(15-8)7-14-12(17)10-6-13(10,3)4/h5,10H,6-7H2,1-4H3,(H,14,17). The Balaban J connectivity index is 1.92. The summed E-state index contributed by atoms with van der Waals surface area (Å²) in [6, 6.07) is 1.93. The molecule has 1 amide bonds. The largest absolute Gasteiger partial charge is 0.349 e. The Hall–Kier alpha value is -1.45. The molecule has 0 radical (unpaired) electrons. The van der Waals surface area contributed by atoms with Crippen LogP contribution in [-0.4, -0.2) is 15.9 Å². The second-order valence-electron chi connectivity index (χ2n) is 5.53. The second-order valence-corrected chi connectivity index (χ2v) is 5.53. The molecule has 1 saturated carbocycles. The van der Waals surface area contributed by atoms with E-state index >= 15 is 0 Å². The van der Waals surface area contributed by atoms with E-state index in [2.05, 4.69) is 29.1 Å². The molecular weight excluding hydrogens is 214 g/mol. The normalized spacial score (nSPS) is 21.1. The highest BCUT2D eigenvalue weighted by molar-refractivity contribution is 5.82. The van der Waals surface area contributed by atoms with Crippen LogP contribution in [-0.2, 0) is 11.3 Å². The van der Waals surface area contributed by atoms with Gasteiger partial charge in [-0.1, -0.05) is 13.8 Å². The van der Waals surface area contributed by atoms with Gasteiger partial charge in [0.1, 0.15) is 5.82 Å². The fraction of sp³-hybridized carbons (Fsp3) is 0.615. The number of nitrogens with zero attached hydrogens (tertiary/aromatic N) is 2. The topological polar surface area (TPSA) is 54.9 Å². The summed E-state index contributed by atoms with van der Waals surface area (Å²) in [7, 11) is 0. The molecule has 1 N–H and O–H groups in total. The van der Waals surface area contributed by atoms with Crippen LogP contribution >= 0.6 is 0 Å². The number of hydrogen-bond donors (Lipinski definition) is 1. The Bertz CT molecular complexity index is 434. The van der Waals surface area contributed by atoms with Crippen LogP contribution in [0.2, 0.25) is 0 Å². The molecular formula is C13H19N3O. The van der Waals surface area contributed by atoms with Crippen molar-refractivity contribution in [2.45, 2.75) is 40.7 Å². The van der Waals surface area contributed by atoms with Crippen LogP contribution in [0.3, 0.4) is 0 Å². The summed E-state index contributed by atoms with van der Waals surface area (Å²) in [5, 5.41) is 2.91. The van der Waals surface area contributed by atoms with Crippen molar-refractivity contribution < 1.29 is 4.79 Å². The molecule has 1 fully saturated rings. The number of aromatic nitrogens is 2. The predicted molar refractivity (Wildman–Crippen MR) is 65.2 cm³/mol. The smallest absolute Gasteiger partial charge is 0.224 e. The van der Waals surface area contributed by atoms with Gasteiger partial charge in [-0.3, -0.25) is 4.79 Å². The first-order valence-corrected chi connectivity index (χ1v) is 5.97. The molecule has 1 aliphatic carbocycles. The Labute approximate surface area is 102 Å². The maximum Gasteiger partial charge on any atom is 0.224 e. The average Bonchev–Trinajstić information content (AvgIpc) is 2.83. The Morgan fingerprint density at radius 3 is 2.41 bits per heavy atom. The summed E-state index contributed by atoms with van der Waals surface area (Å²) in [6.07, 6.45) is 0.979. The van der Waals surface area contributed by atoms with E-state index < -0.39 is 0 Å². The number of amides is 1. The van der Waals surface area contributed by atoms with Crippen LogP contribution in [0.5, 0.6) is 0 Å². The van der Waals surface area contributed by atoms with Gasteiger partial charge in [-0.25, -0.2) is 9.97 Å². The van der Waals surface area contributed by atoms with Crippen LogP contribution in [0.25, 0.3) is 0 Å². The molecule has 4 nitrogen and oxygen atoms in total. The summed E-state index contributed by atoms with van der Waals surface area (Å²) >= 11 is 0. The van der Waals surface area contributed by atoms with Crippen molar-refractivity contribution in [2.75, 3.05) is 0 Å². The Morgan fingerprint density at radius 1 is 1.41 bits per heavy atom. The highest BCUT2D eigenvalue weighted by Gasteiger charge is 2.50. The molecule has 1 aliphatic rings. The number of carbonyl (C=O) groups is 1. The van der Waals surface area contributed by atoms with Gasteiger partial charge in [0, 0.05) is 17.3 Å². The lowest BCUT2D eigenvalue weighted by molar-refractivity contribution is -0.123. The molecule has 0 aliphatic heterocycles. The van der Waals surface area contributed by atoms with Crippen molar-refractivity contribution in [3.8, 4) is 0 Å². The first-order valence-electron chi connectivity index (χ1n) is 5.97. The van der Waals surface area contributed by atoms with E-state index in [9.17, 15) is 4.79 Å². The molecule has 1 heterocycles. The lowest BCUT2D eigenvalue weighted by Gasteiger charge is -2.07. The van der Waals surface area contributed by atoms with Crippen molar-refractivity contribution in [1.82, 2.24) is 15.3 Å². The van der Waals surface area contributed by atoms with Gasteiger partial charge in [-0.15, -0.1) is 0 Å². The molecule has 1 atom stereocenters. The minimum atomic E-state index is 0.123. The zero-order chi connectivity index (χ0) is 12.6. The van der Waals surface area contributed by atoms with Crippen LogP contribution < -0.4 is 5.32 Å². The first-order chi connectivity index (χ1) is 7.88. The third kappa shape index (κ3) is 2.81. The zero-order valence-electron chi connectivity index (χ0n) is 10.9. The van der Waals surface area contributed by atoms with Gasteiger partial charge >= 0.3 is 0 Å². The number of aryl methyl sites for hydroxylation is 2. The van der Waals surface area contributed by atoms with Crippen molar-refractivity contribution >= 4 is 5.91 Å². The molecule has 0 saturated heterocycles. The van der Waals surface area contributed by atoms with E-state index in [1.807, 2.05) is 19.9 Å². The Morgan fingerprint density at radius 2 is 1.94 bits per heavy atom. The molecule has 0 aromatic carbocycles. The quantitative estimate of drug-likeness (QED) is 0.865. The molecule has 4 heteroatoms. The maximum atomic E-state index is 11.8. The fourth-order valence-electron chi connectivity index (χ4n) is 2.08. The number of carbonyl (C=O) groups excluding carboxylic acids is 1. The number of nitrogens with one attached hydrogen (secondary N) is 1. The fourth-order valence-corrected chi connectivity index (χ4v) is 2.08. The number of rotatable bonds is 3. The summed E-state index contributed by atoms with van der Waals surface area (Å²) in [5.41, 5.74) is 2.05. The van der Waals surface area contributed by atoms with Crippen LogP contribution in [0.15, 0.2) is 6.07 Å².